The Morgan fingerprint density at radius 1 is 1.08 bits per heavy atom. The number of amidine groups is 1. The minimum atomic E-state index is -1.29. The molecule has 0 unspecified atom stereocenters. The molecule has 0 bridgehead atoms. The molecule has 1 heterocycles. The van der Waals surface area contributed by atoms with Crippen LogP contribution in [0.5, 0.6) is 0 Å². The Morgan fingerprint density at radius 3 is 2.38 bits per heavy atom. The number of hydrogen-bond donors (Lipinski definition) is 5. The molecule has 0 aromatic heterocycles. The van der Waals surface area contributed by atoms with E-state index in [1.165, 1.54) is 19.3 Å². The van der Waals surface area contributed by atoms with Crippen molar-refractivity contribution in [2.24, 2.45) is 5.73 Å². The van der Waals surface area contributed by atoms with E-state index in [4.69, 9.17) is 25.4 Å². The summed E-state index contributed by atoms with van der Waals surface area (Å²) in [6.45, 7) is 1.97. The number of aliphatic hydroxyl groups excluding tert-OH is 3. The normalized spacial score (nSPS) is 30.4. The number of unbranched alkanes of at least 4 members (excludes halogenated alkanes) is 5. The number of aliphatic hydroxyl groups is 3. The number of rotatable bonds is 12. The molecular formula is C16H32N2O6. The van der Waals surface area contributed by atoms with Crippen molar-refractivity contribution in [3.8, 4) is 0 Å². The minimum absolute atomic E-state index is 0.211. The zero-order chi connectivity index (χ0) is 17.9. The van der Waals surface area contributed by atoms with Crippen molar-refractivity contribution in [3.05, 3.63) is 0 Å². The third kappa shape index (κ3) is 7.00. The van der Waals surface area contributed by atoms with E-state index < -0.39 is 37.3 Å². The lowest BCUT2D eigenvalue weighted by Gasteiger charge is -2.41. The van der Waals surface area contributed by atoms with Crippen molar-refractivity contribution in [3.63, 3.8) is 0 Å². The summed E-state index contributed by atoms with van der Waals surface area (Å²) in [5, 5.41) is 36.8. The van der Waals surface area contributed by atoms with Gasteiger partial charge in [-0.25, -0.2) is 0 Å². The first-order valence-corrected chi connectivity index (χ1v) is 8.69. The molecule has 1 rings (SSSR count). The first-order chi connectivity index (χ1) is 11.5. The van der Waals surface area contributed by atoms with Gasteiger partial charge in [0.15, 0.2) is 6.29 Å². The number of nitrogens with two attached hydrogens (primary N) is 1. The average molecular weight is 348 g/mol. The lowest BCUT2D eigenvalue weighted by atomic mass is 9.99. The number of ether oxygens (including phenoxy) is 3. The van der Waals surface area contributed by atoms with Gasteiger partial charge in [-0.15, -0.1) is 0 Å². The molecule has 1 aliphatic rings. The van der Waals surface area contributed by atoms with Crippen molar-refractivity contribution >= 4 is 5.84 Å². The van der Waals surface area contributed by atoms with Gasteiger partial charge in [0, 0.05) is 6.61 Å². The molecule has 8 nitrogen and oxygen atoms in total. The third-order valence-corrected chi connectivity index (χ3v) is 4.03. The van der Waals surface area contributed by atoms with E-state index in [-0.39, 0.29) is 12.4 Å². The topological polar surface area (TPSA) is 138 Å². The van der Waals surface area contributed by atoms with Crippen LogP contribution >= 0.6 is 0 Å². The highest BCUT2D eigenvalue weighted by atomic mass is 16.7. The molecule has 5 atom stereocenters. The Balaban J connectivity index is 2.38. The summed E-state index contributed by atoms with van der Waals surface area (Å²) in [5.74, 6) is -0.213. The Kier molecular flexibility index (Phi) is 10.4. The molecule has 0 radical (unpaired) electrons. The van der Waals surface area contributed by atoms with Crippen molar-refractivity contribution < 1.29 is 29.5 Å². The van der Waals surface area contributed by atoms with Gasteiger partial charge in [0.05, 0.1) is 6.61 Å². The van der Waals surface area contributed by atoms with Gasteiger partial charge < -0.3 is 35.3 Å². The molecule has 0 spiro atoms. The van der Waals surface area contributed by atoms with E-state index in [0.29, 0.717) is 6.61 Å². The summed E-state index contributed by atoms with van der Waals surface area (Å²) in [5.41, 5.74) is 5.21. The molecule has 1 fully saturated rings. The zero-order valence-corrected chi connectivity index (χ0v) is 14.4. The third-order valence-electron chi connectivity index (χ3n) is 4.03. The lowest BCUT2D eigenvalue weighted by Crippen LogP contribution is -2.60. The van der Waals surface area contributed by atoms with Gasteiger partial charge in [-0.3, -0.25) is 5.41 Å². The second-order valence-electron chi connectivity index (χ2n) is 6.15. The maximum absolute atomic E-state index is 10.2. The first kappa shape index (κ1) is 21.3. The molecule has 6 N–H and O–H groups in total. The SMILES string of the molecule is CCCCCCCCO[C@@H]1O[C@H](CO)[C@@H](OCC(=N)N)[C@H](O)[C@H]1O. The molecule has 0 aliphatic carbocycles. The molecule has 0 aromatic rings. The molecule has 0 aromatic carbocycles. The van der Waals surface area contributed by atoms with E-state index in [1.807, 2.05) is 0 Å². The molecule has 142 valence electrons. The van der Waals surface area contributed by atoms with Gasteiger partial charge in [0.2, 0.25) is 0 Å². The number of nitrogens with one attached hydrogen (secondary N) is 1. The molecule has 8 heteroatoms. The summed E-state index contributed by atoms with van der Waals surface area (Å²) < 4.78 is 16.3. The first-order valence-electron chi connectivity index (χ1n) is 8.69. The monoisotopic (exact) mass is 348 g/mol. The highest BCUT2D eigenvalue weighted by molar-refractivity contribution is 5.78. The summed E-state index contributed by atoms with van der Waals surface area (Å²) in [7, 11) is 0. The predicted octanol–water partition coefficient (Wildman–Crippen LogP) is 0.124. The molecule has 1 saturated heterocycles. The summed E-state index contributed by atoms with van der Waals surface area (Å²) in [6, 6.07) is 0. The van der Waals surface area contributed by atoms with Crippen LogP contribution < -0.4 is 5.73 Å². The van der Waals surface area contributed by atoms with Gasteiger partial charge in [-0.2, -0.15) is 0 Å². The van der Waals surface area contributed by atoms with Crippen molar-refractivity contribution in [1.29, 1.82) is 5.41 Å². The van der Waals surface area contributed by atoms with Crippen molar-refractivity contribution in [2.75, 3.05) is 19.8 Å². The highest BCUT2D eigenvalue weighted by Crippen LogP contribution is 2.24. The van der Waals surface area contributed by atoms with E-state index in [1.54, 1.807) is 0 Å². The Bertz CT molecular complexity index is 355. The molecule has 0 saturated carbocycles. The number of hydrogen-bond acceptors (Lipinski definition) is 7. The minimum Gasteiger partial charge on any atom is -0.394 e. The average Bonchev–Trinajstić information content (AvgIpc) is 2.56. The van der Waals surface area contributed by atoms with Gasteiger partial charge >= 0.3 is 0 Å². The maximum atomic E-state index is 10.2. The van der Waals surface area contributed by atoms with Crippen LogP contribution in [0, 0.1) is 5.41 Å². The largest absolute Gasteiger partial charge is 0.394 e. The van der Waals surface area contributed by atoms with Crippen LogP contribution in [0.3, 0.4) is 0 Å². The highest BCUT2D eigenvalue weighted by Gasteiger charge is 2.45. The van der Waals surface area contributed by atoms with Gasteiger partial charge in [0.25, 0.3) is 0 Å². The lowest BCUT2D eigenvalue weighted by molar-refractivity contribution is -0.306. The second kappa shape index (κ2) is 11.7. The summed E-state index contributed by atoms with van der Waals surface area (Å²) >= 11 is 0. The Morgan fingerprint density at radius 2 is 1.75 bits per heavy atom. The van der Waals surface area contributed by atoms with Crippen LogP contribution in [0.4, 0.5) is 0 Å². The fourth-order valence-electron chi connectivity index (χ4n) is 2.66. The van der Waals surface area contributed by atoms with Gasteiger partial charge in [0.1, 0.15) is 36.9 Å². The van der Waals surface area contributed by atoms with Crippen LogP contribution in [-0.4, -0.2) is 71.7 Å². The quantitative estimate of drug-likeness (QED) is 0.192. The van der Waals surface area contributed by atoms with E-state index in [0.717, 1.165) is 19.3 Å². The smallest absolute Gasteiger partial charge is 0.186 e. The fourth-order valence-corrected chi connectivity index (χ4v) is 2.66. The van der Waals surface area contributed by atoms with Crippen LogP contribution in [-0.2, 0) is 14.2 Å². The summed E-state index contributed by atoms with van der Waals surface area (Å²) in [4.78, 5) is 0. The summed E-state index contributed by atoms with van der Waals surface area (Å²) in [6.07, 6.45) is 1.27. The maximum Gasteiger partial charge on any atom is 0.186 e. The van der Waals surface area contributed by atoms with Crippen LogP contribution in [0.15, 0.2) is 0 Å². The molecule has 24 heavy (non-hydrogen) atoms. The second-order valence-corrected chi connectivity index (χ2v) is 6.15. The van der Waals surface area contributed by atoms with Gasteiger partial charge in [-0.05, 0) is 6.42 Å². The van der Waals surface area contributed by atoms with Crippen molar-refractivity contribution in [1.82, 2.24) is 0 Å². The van der Waals surface area contributed by atoms with Crippen LogP contribution in [0.1, 0.15) is 45.4 Å². The van der Waals surface area contributed by atoms with E-state index in [9.17, 15) is 15.3 Å². The fraction of sp³-hybridized carbons (Fsp3) is 0.938. The Labute approximate surface area is 143 Å². The molecule has 1 aliphatic heterocycles. The Hall–Kier alpha value is -0.770. The van der Waals surface area contributed by atoms with E-state index >= 15 is 0 Å². The van der Waals surface area contributed by atoms with Crippen LogP contribution in [0.2, 0.25) is 0 Å². The van der Waals surface area contributed by atoms with Crippen molar-refractivity contribution in [2.45, 2.75) is 76.2 Å². The molecule has 0 amide bonds. The van der Waals surface area contributed by atoms with Gasteiger partial charge in [-0.1, -0.05) is 39.0 Å². The van der Waals surface area contributed by atoms with E-state index in [2.05, 4.69) is 6.92 Å². The zero-order valence-electron chi connectivity index (χ0n) is 14.4. The molecular weight excluding hydrogens is 316 g/mol. The standard InChI is InChI=1S/C16H32N2O6/c1-2-3-4-5-6-7-8-22-16-14(21)13(20)15(11(9-19)24-16)23-10-12(17)18/h11,13-16,19-21H,2-10H2,1H3,(H3,17,18)/t11-,13-,14-,15-,16-/m1/s1. The van der Waals surface area contributed by atoms with Crippen LogP contribution in [0.25, 0.3) is 0 Å². The predicted molar refractivity (Wildman–Crippen MR) is 88.7 cm³/mol.